The van der Waals surface area contributed by atoms with Gasteiger partial charge in [0, 0.05) is 37.3 Å². The Hall–Kier alpha value is -0.980. The largest absolute Gasteiger partial charge is 0.460 e. The molecule has 0 aromatic rings. The second kappa shape index (κ2) is 5.79. The van der Waals surface area contributed by atoms with Crippen LogP contribution in [-0.2, 0) is 19.1 Å². The first kappa shape index (κ1) is 17.8. The summed E-state index contributed by atoms with van der Waals surface area (Å²) in [5, 5.41) is 12.2. The molecule has 2 aliphatic heterocycles. The molecule has 2 saturated heterocycles. The van der Waals surface area contributed by atoms with Crippen LogP contribution in [0, 0.1) is 23.2 Å². The first-order valence-electron chi connectivity index (χ1n) is 11.3. The Balaban J connectivity index is 1.42. The molecule has 6 rings (SSSR count). The van der Waals surface area contributed by atoms with Gasteiger partial charge in [-0.25, -0.2) is 0 Å². The highest BCUT2D eigenvalue weighted by Crippen LogP contribution is 2.69. The Morgan fingerprint density at radius 1 is 1.29 bits per heavy atom. The van der Waals surface area contributed by atoms with E-state index in [0.717, 1.165) is 44.7 Å². The fourth-order valence-corrected chi connectivity index (χ4v) is 7.98. The molecule has 1 spiro atoms. The van der Waals surface area contributed by atoms with E-state index in [0.29, 0.717) is 18.8 Å². The summed E-state index contributed by atoms with van der Waals surface area (Å²) in [5.74, 6) is 1.23. The third-order valence-electron chi connectivity index (χ3n) is 9.09. The van der Waals surface area contributed by atoms with Gasteiger partial charge >= 0.3 is 5.97 Å². The van der Waals surface area contributed by atoms with Gasteiger partial charge in [-0.05, 0) is 63.3 Å². The Bertz CT molecular complexity index is 722. The van der Waals surface area contributed by atoms with Crippen molar-refractivity contribution in [3.05, 3.63) is 0 Å². The van der Waals surface area contributed by atoms with Crippen LogP contribution >= 0.6 is 0 Å². The number of esters is 1. The second-order valence-electron chi connectivity index (χ2n) is 10.4. The van der Waals surface area contributed by atoms with Crippen LogP contribution in [0.15, 0.2) is 0 Å². The van der Waals surface area contributed by atoms with E-state index in [-0.39, 0.29) is 35.9 Å². The molecule has 6 nitrogen and oxygen atoms in total. The molecular weight excluding hydrogens is 358 g/mol. The van der Waals surface area contributed by atoms with E-state index in [4.69, 9.17) is 9.47 Å². The van der Waals surface area contributed by atoms with E-state index in [1.54, 1.807) is 0 Å². The minimum absolute atomic E-state index is 0.129. The van der Waals surface area contributed by atoms with Crippen molar-refractivity contribution < 1.29 is 24.2 Å². The van der Waals surface area contributed by atoms with Gasteiger partial charge in [0.2, 0.25) is 0 Å². The highest BCUT2D eigenvalue weighted by molar-refractivity contribution is 5.86. The van der Waals surface area contributed by atoms with Gasteiger partial charge in [0.05, 0.1) is 11.7 Å². The zero-order chi connectivity index (χ0) is 19.3. The summed E-state index contributed by atoms with van der Waals surface area (Å²) in [4.78, 5) is 27.2. The maximum atomic E-state index is 13.0. The molecule has 2 bridgehead atoms. The van der Waals surface area contributed by atoms with Gasteiger partial charge in [0.15, 0.2) is 5.78 Å². The molecular formula is C22H31NO5. The number of ketones is 1. The number of hydrogen-bond donors (Lipinski definition) is 1. The minimum atomic E-state index is -0.854. The van der Waals surface area contributed by atoms with Crippen molar-refractivity contribution in [1.29, 1.82) is 0 Å². The number of piperidine rings is 1. The Morgan fingerprint density at radius 3 is 2.86 bits per heavy atom. The number of ether oxygens (including phenoxy) is 2. The van der Waals surface area contributed by atoms with Crippen LogP contribution in [0.2, 0.25) is 0 Å². The first-order valence-corrected chi connectivity index (χ1v) is 11.3. The summed E-state index contributed by atoms with van der Waals surface area (Å²) < 4.78 is 12.1. The molecule has 154 valence electrons. The van der Waals surface area contributed by atoms with Crippen molar-refractivity contribution in [2.45, 2.75) is 88.2 Å². The van der Waals surface area contributed by atoms with Crippen LogP contribution in [0.3, 0.4) is 0 Å². The summed E-state index contributed by atoms with van der Waals surface area (Å²) in [5.41, 5.74) is -1.34. The zero-order valence-corrected chi connectivity index (χ0v) is 16.6. The number of carbonyl (C=O) groups excluding carboxylic acids is 2. The van der Waals surface area contributed by atoms with Crippen molar-refractivity contribution in [3.8, 4) is 0 Å². The van der Waals surface area contributed by atoms with E-state index in [1.165, 1.54) is 19.8 Å². The summed E-state index contributed by atoms with van der Waals surface area (Å²) in [6.45, 7) is 3.49. The topological polar surface area (TPSA) is 76.1 Å². The first-order chi connectivity index (χ1) is 13.4. The molecule has 6 aliphatic rings. The monoisotopic (exact) mass is 389 g/mol. The Labute approximate surface area is 165 Å². The highest BCUT2D eigenvalue weighted by Gasteiger charge is 2.78. The Morgan fingerprint density at radius 2 is 2.11 bits per heavy atom. The highest BCUT2D eigenvalue weighted by atomic mass is 16.6. The van der Waals surface area contributed by atoms with Crippen molar-refractivity contribution in [3.63, 3.8) is 0 Å². The fraction of sp³-hybridized carbons (Fsp3) is 0.909. The molecule has 2 heterocycles. The maximum absolute atomic E-state index is 13.0. The molecule has 0 aromatic heterocycles. The van der Waals surface area contributed by atoms with E-state index in [1.807, 2.05) is 0 Å². The smallest absolute Gasteiger partial charge is 0.302 e. The predicted octanol–water partition coefficient (Wildman–Crippen LogP) is 1.68. The molecule has 28 heavy (non-hydrogen) atoms. The molecule has 8 atom stereocenters. The van der Waals surface area contributed by atoms with Crippen molar-refractivity contribution >= 4 is 11.8 Å². The molecule has 0 radical (unpaired) electrons. The minimum Gasteiger partial charge on any atom is -0.460 e. The van der Waals surface area contributed by atoms with Crippen LogP contribution in [0.5, 0.6) is 0 Å². The lowest BCUT2D eigenvalue weighted by molar-refractivity contribution is -0.251. The molecule has 6 heteroatoms. The lowest BCUT2D eigenvalue weighted by atomic mass is 9.42. The normalized spacial score (nSPS) is 52.3. The number of carbonyl (C=O) groups is 2. The van der Waals surface area contributed by atoms with Gasteiger partial charge in [0.25, 0.3) is 0 Å². The van der Waals surface area contributed by atoms with Gasteiger partial charge in [-0.1, -0.05) is 0 Å². The lowest BCUT2D eigenvalue weighted by Crippen LogP contribution is -2.77. The summed E-state index contributed by atoms with van der Waals surface area (Å²) in [6, 6.07) is 0.145. The Kier molecular flexibility index (Phi) is 3.69. The molecule has 4 saturated carbocycles. The maximum Gasteiger partial charge on any atom is 0.302 e. The van der Waals surface area contributed by atoms with E-state index < -0.39 is 17.1 Å². The molecule has 0 amide bonds. The van der Waals surface area contributed by atoms with Crippen molar-refractivity contribution in [2.75, 3.05) is 13.1 Å². The number of aliphatic hydroxyl groups is 1. The molecule has 0 aromatic carbocycles. The molecule has 7 unspecified atom stereocenters. The van der Waals surface area contributed by atoms with Crippen LogP contribution < -0.4 is 0 Å². The number of nitrogens with zero attached hydrogens (tertiary/aromatic N) is 1. The average Bonchev–Trinajstić information content (AvgIpc) is 3.38. The summed E-state index contributed by atoms with van der Waals surface area (Å²) in [6.07, 6.45) is 6.16. The fourth-order valence-electron chi connectivity index (χ4n) is 7.98. The number of likely N-dealkylation sites (tertiary alicyclic amines) is 1. The number of rotatable bonds is 3. The second-order valence-corrected chi connectivity index (χ2v) is 10.4. The number of hydrogen-bond acceptors (Lipinski definition) is 6. The van der Waals surface area contributed by atoms with E-state index in [9.17, 15) is 14.7 Å². The average molecular weight is 389 g/mol. The zero-order valence-electron chi connectivity index (χ0n) is 16.6. The van der Waals surface area contributed by atoms with Gasteiger partial charge in [-0.3, -0.25) is 14.5 Å². The standard InChI is InChI=1S/C22H31NO5/c1-12(24)27-16-5-4-14-10-17-22(26)7-6-15(25)20-21(22,18(14)19(16)28-20)8-9-23(17)11-13-2-3-13/h13-14,16-20,26H,2-11H2,1H3/t14?,16?,17?,18?,19?,20?,21?,22-/m1/s1. The summed E-state index contributed by atoms with van der Waals surface area (Å²) in [7, 11) is 0. The van der Waals surface area contributed by atoms with Gasteiger partial charge in [-0.2, -0.15) is 0 Å². The van der Waals surface area contributed by atoms with E-state index in [2.05, 4.69) is 4.90 Å². The molecule has 4 aliphatic carbocycles. The predicted molar refractivity (Wildman–Crippen MR) is 99.4 cm³/mol. The van der Waals surface area contributed by atoms with Crippen molar-refractivity contribution in [1.82, 2.24) is 4.90 Å². The van der Waals surface area contributed by atoms with Crippen molar-refractivity contribution in [2.24, 2.45) is 23.2 Å². The van der Waals surface area contributed by atoms with Crippen LogP contribution in [0.25, 0.3) is 0 Å². The van der Waals surface area contributed by atoms with Gasteiger partial charge in [-0.15, -0.1) is 0 Å². The third kappa shape index (κ3) is 2.15. The van der Waals surface area contributed by atoms with E-state index >= 15 is 0 Å². The van der Waals surface area contributed by atoms with Gasteiger partial charge in [0.1, 0.15) is 12.2 Å². The van der Waals surface area contributed by atoms with Crippen LogP contribution in [0.4, 0.5) is 0 Å². The van der Waals surface area contributed by atoms with Crippen LogP contribution in [-0.4, -0.2) is 64.8 Å². The lowest BCUT2D eigenvalue weighted by Gasteiger charge is -2.67. The quantitative estimate of drug-likeness (QED) is 0.740. The SMILES string of the molecule is CC(=O)OC1CCC2CC3N(CC4CC4)CCC45C(OC1C24)C(=O)CC[C@@]35O. The molecule has 6 fully saturated rings. The molecule has 1 N–H and O–H groups in total. The third-order valence-corrected chi connectivity index (χ3v) is 9.09. The number of Topliss-reactive ketones (excluding diaryl/α,β-unsaturated/α-hetero) is 1. The van der Waals surface area contributed by atoms with Gasteiger partial charge < -0.3 is 14.6 Å². The van der Waals surface area contributed by atoms with Crippen LogP contribution in [0.1, 0.15) is 58.3 Å². The summed E-state index contributed by atoms with van der Waals surface area (Å²) >= 11 is 0.